The van der Waals surface area contributed by atoms with E-state index in [0.29, 0.717) is 5.39 Å². The fourth-order valence-electron chi connectivity index (χ4n) is 1.94. The van der Waals surface area contributed by atoms with Crippen LogP contribution in [0.3, 0.4) is 0 Å². The van der Waals surface area contributed by atoms with Gasteiger partial charge in [-0.1, -0.05) is 42.5 Å². The second-order valence-electron chi connectivity index (χ2n) is 4.12. The van der Waals surface area contributed by atoms with Gasteiger partial charge in [0.15, 0.2) is 0 Å². The molecule has 0 aromatic heterocycles. The first-order valence-electron chi connectivity index (χ1n) is 5.58. The average Bonchev–Trinajstić information content (AvgIpc) is 2.36. The number of halogens is 2. The quantitative estimate of drug-likeness (QED) is 0.896. The first-order valence-corrected chi connectivity index (χ1v) is 5.58. The van der Waals surface area contributed by atoms with Crippen molar-refractivity contribution in [3.63, 3.8) is 0 Å². The van der Waals surface area contributed by atoms with Crippen LogP contribution >= 0.6 is 0 Å². The summed E-state index contributed by atoms with van der Waals surface area (Å²) in [7, 11) is 0. The predicted octanol–water partition coefficient (Wildman–Crippen LogP) is 3.80. The second-order valence-corrected chi connectivity index (χ2v) is 4.12. The molecule has 2 aromatic rings. The fourth-order valence-corrected chi connectivity index (χ4v) is 1.94. The van der Waals surface area contributed by atoms with Gasteiger partial charge in [0.2, 0.25) is 0 Å². The van der Waals surface area contributed by atoms with Crippen molar-refractivity contribution in [1.82, 2.24) is 0 Å². The molecule has 1 N–H and O–H groups in total. The normalized spacial score (nSPS) is 11.7. The summed E-state index contributed by atoms with van der Waals surface area (Å²) in [5, 5.41) is 9.70. The van der Waals surface area contributed by atoms with E-state index >= 15 is 0 Å². The van der Waals surface area contributed by atoms with E-state index in [4.69, 9.17) is 5.11 Å². The van der Waals surface area contributed by atoms with E-state index in [9.17, 15) is 13.6 Å². The van der Waals surface area contributed by atoms with E-state index in [2.05, 4.69) is 0 Å². The van der Waals surface area contributed by atoms with Crippen molar-refractivity contribution in [2.45, 2.75) is 18.8 Å². The lowest BCUT2D eigenvalue weighted by molar-refractivity contribution is -0.139. The van der Waals surface area contributed by atoms with Crippen LogP contribution in [0.25, 0.3) is 10.8 Å². The Kier molecular flexibility index (Phi) is 3.28. The van der Waals surface area contributed by atoms with Gasteiger partial charge < -0.3 is 5.11 Å². The summed E-state index contributed by atoms with van der Waals surface area (Å²) >= 11 is 0. The SMILES string of the molecule is O=C(O)CCC(F)(F)c1cccc2ccccc12. The Hall–Kier alpha value is -1.97. The topological polar surface area (TPSA) is 37.3 Å². The van der Waals surface area contributed by atoms with Crippen LogP contribution in [0, 0.1) is 0 Å². The minimum absolute atomic E-state index is 0.109. The molecule has 0 heterocycles. The highest BCUT2D eigenvalue weighted by Crippen LogP contribution is 2.37. The Labute approximate surface area is 103 Å². The number of benzene rings is 2. The molecule has 0 unspecified atom stereocenters. The van der Waals surface area contributed by atoms with Crippen LogP contribution in [0.4, 0.5) is 8.78 Å². The molecule has 0 aliphatic carbocycles. The van der Waals surface area contributed by atoms with Gasteiger partial charge in [-0.05, 0) is 10.8 Å². The Morgan fingerprint density at radius 3 is 2.50 bits per heavy atom. The minimum atomic E-state index is -3.13. The number of rotatable bonds is 4. The van der Waals surface area contributed by atoms with Crippen molar-refractivity contribution in [3.8, 4) is 0 Å². The summed E-state index contributed by atoms with van der Waals surface area (Å²) in [5.74, 6) is -4.34. The van der Waals surface area contributed by atoms with Crippen molar-refractivity contribution >= 4 is 16.7 Å². The number of hydrogen-bond acceptors (Lipinski definition) is 1. The highest BCUT2D eigenvalue weighted by atomic mass is 19.3. The molecule has 0 bridgehead atoms. The second kappa shape index (κ2) is 4.72. The monoisotopic (exact) mass is 250 g/mol. The lowest BCUT2D eigenvalue weighted by atomic mass is 9.97. The lowest BCUT2D eigenvalue weighted by Crippen LogP contribution is -2.15. The molecular formula is C14H12F2O2. The third-order valence-electron chi connectivity index (χ3n) is 2.84. The predicted molar refractivity (Wildman–Crippen MR) is 64.7 cm³/mol. The maximum absolute atomic E-state index is 14.0. The van der Waals surface area contributed by atoms with E-state index in [0.717, 1.165) is 5.39 Å². The Bertz CT molecular complexity index is 574. The van der Waals surface area contributed by atoms with Crippen LogP contribution in [0.15, 0.2) is 42.5 Å². The average molecular weight is 250 g/mol. The molecule has 0 fully saturated rings. The summed E-state index contributed by atoms with van der Waals surface area (Å²) in [6, 6.07) is 11.5. The molecule has 2 rings (SSSR count). The third-order valence-corrected chi connectivity index (χ3v) is 2.84. The summed E-state index contributed by atoms with van der Waals surface area (Å²) in [5.41, 5.74) is -0.109. The van der Waals surface area contributed by atoms with Gasteiger partial charge in [0, 0.05) is 12.0 Å². The smallest absolute Gasteiger partial charge is 0.303 e. The number of carboxylic acids is 1. The van der Waals surface area contributed by atoms with Gasteiger partial charge >= 0.3 is 5.97 Å². The summed E-state index contributed by atoms with van der Waals surface area (Å²) < 4.78 is 28.0. The van der Waals surface area contributed by atoms with E-state index in [1.165, 1.54) is 6.07 Å². The number of aliphatic carboxylic acids is 1. The Morgan fingerprint density at radius 1 is 1.11 bits per heavy atom. The molecule has 94 valence electrons. The number of hydrogen-bond donors (Lipinski definition) is 1. The largest absolute Gasteiger partial charge is 0.481 e. The molecule has 0 amide bonds. The highest BCUT2D eigenvalue weighted by Gasteiger charge is 2.33. The molecular weight excluding hydrogens is 238 g/mol. The lowest BCUT2D eigenvalue weighted by Gasteiger charge is -2.17. The van der Waals surface area contributed by atoms with Crippen LogP contribution in [-0.2, 0) is 10.7 Å². The first kappa shape index (κ1) is 12.5. The van der Waals surface area contributed by atoms with Gasteiger partial charge in [-0.3, -0.25) is 4.79 Å². The minimum Gasteiger partial charge on any atom is -0.481 e. The molecule has 18 heavy (non-hydrogen) atoms. The fraction of sp³-hybridized carbons (Fsp3) is 0.214. The van der Waals surface area contributed by atoms with Crippen molar-refractivity contribution in [2.24, 2.45) is 0 Å². The molecule has 2 aromatic carbocycles. The molecule has 0 saturated carbocycles. The number of alkyl halides is 2. The number of carbonyl (C=O) groups is 1. The summed E-state index contributed by atoms with van der Waals surface area (Å²) in [4.78, 5) is 10.4. The van der Waals surface area contributed by atoms with Crippen LogP contribution < -0.4 is 0 Å². The van der Waals surface area contributed by atoms with E-state index in [1.54, 1.807) is 36.4 Å². The zero-order chi connectivity index (χ0) is 13.2. The van der Waals surface area contributed by atoms with Crippen LogP contribution in [0.2, 0.25) is 0 Å². The molecule has 2 nitrogen and oxygen atoms in total. The maximum atomic E-state index is 14.0. The van der Waals surface area contributed by atoms with Gasteiger partial charge in [-0.2, -0.15) is 0 Å². The molecule has 0 aliphatic heterocycles. The van der Waals surface area contributed by atoms with E-state index < -0.39 is 24.7 Å². The zero-order valence-electron chi connectivity index (χ0n) is 9.57. The van der Waals surface area contributed by atoms with Gasteiger partial charge in [0.1, 0.15) is 0 Å². The van der Waals surface area contributed by atoms with Crippen LogP contribution in [0.5, 0.6) is 0 Å². The molecule has 4 heteroatoms. The number of carboxylic acid groups (broad SMARTS) is 1. The molecule has 0 aliphatic rings. The summed E-state index contributed by atoms with van der Waals surface area (Å²) in [6.07, 6.45) is -1.23. The third kappa shape index (κ3) is 2.47. The van der Waals surface area contributed by atoms with Crippen LogP contribution in [0.1, 0.15) is 18.4 Å². The van der Waals surface area contributed by atoms with Crippen LogP contribution in [-0.4, -0.2) is 11.1 Å². The van der Waals surface area contributed by atoms with E-state index in [1.807, 2.05) is 0 Å². The molecule has 0 spiro atoms. The van der Waals surface area contributed by atoms with Crippen molar-refractivity contribution in [1.29, 1.82) is 0 Å². The number of fused-ring (bicyclic) bond motifs is 1. The molecule has 0 radical (unpaired) electrons. The van der Waals surface area contributed by atoms with Gasteiger partial charge in [0.05, 0.1) is 6.42 Å². The Morgan fingerprint density at radius 2 is 1.78 bits per heavy atom. The molecule has 0 saturated heterocycles. The highest BCUT2D eigenvalue weighted by molar-refractivity contribution is 5.86. The maximum Gasteiger partial charge on any atom is 0.303 e. The van der Waals surface area contributed by atoms with Crippen molar-refractivity contribution in [3.05, 3.63) is 48.0 Å². The van der Waals surface area contributed by atoms with Gasteiger partial charge in [-0.25, -0.2) is 8.78 Å². The van der Waals surface area contributed by atoms with Crippen molar-refractivity contribution < 1.29 is 18.7 Å². The summed E-state index contributed by atoms with van der Waals surface area (Å²) in [6.45, 7) is 0. The first-order chi connectivity index (χ1) is 8.50. The molecule has 0 atom stereocenters. The standard InChI is InChI=1S/C14H12F2O2/c15-14(16,9-8-13(17)18)12-7-3-5-10-4-1-2-6-11(10)12/h1-7H,8-9H2,(H,17,18). The van der Waals surface area contributed by atoms with Crippen molar-refractivity contribution in [2.75, 3.05) is 0 Å². The Balaban J connectivity index is 2.43. The van der Waals surface area contributed by atoms with Gasteiger partial charge in [0.25, 0.3) is 5.92 Å². The zero-order valence-corrected chi connectivity index (χ0v) is 9.57. The van der Waals surface area contributed by atoms with Gasteiger partial charge in [-0.15, -0.1) is 0 Å². The van der Waals surface area contributed by atoms with E-state index in [-0.39, 0.29) is 5.56 Å².